The fourth-order valence-electron chi connectivity index (χ4n) is 4.16. The van der Waals surface area contributed by atoms with Crippen LogP contribution >= 0.6 is 11.8 Å². The Kier molecular flexibility index (Phi) is 9.11. The van der Waals surface area contributed by atoms with Crippen molar-refractivity contribution in [3.63, 3.8) is 0 Å². The second kappa shape index (κ2) is 12.7. The predicted octanol–water partition coefficient (Wildman–Crippen LogP) is 6.85. The Hall–Kier alpha value is -4.91. The Morgan fingerprint density at radius 2 is 1.67 bits per heavy atom. The standard InChI is InChI=1S/C29H27N3O9S/c1-17(2)21-8-5-18(3)13-25(21)40-12-11-30-28(33)27(42-29(30)34)15-19-6-9-24(39-4)26(14-19)41-23-10-7-20(31(35)36)16-22(23)32(37)38/h5-10,13-17H,11-12H2,1-4H3/b27-15-. The number of imide groups is 1. The summed E-state index contributed by atoms with van der Waals surface area (Å²) in [6, 6.07) is 13.6. The number of ether oxygens (including phenoxy) is 3. The number of amides is 2. The Morgan fingerprint density at radius 3 is 2.33 bits per heavy atom. The molecule has 2 amide bonds. The number of nitro groups is 2. The van der Waals surface area contributed by atoms with E-state index in [0.717, 1.165) is 46.0 Å². The van der Waals surface area contributed by atoms with E-state index < -0.39 is 32.4 Å². The minimum atomic E-state index is -0.791. The molecule has 0 saturated carbocycles. The first-order valence-electron chi connectivity index (χ1n) is 12.8. The van der Waals surface area contributed by atoms with E-state index in [2.05, 4.69) is 13.8 Å². The summed E-state index contributed by atoms with van der Waals surface area (Å²) in [5, 5.41) is 22.1. The van der Waals surface area contributed by atoms with Gasteiger partial charge in [-0.25, -0.2) is 0 Å². The number of carbonyl (C=O) groups is 2. The highest BCUT2D eigenvalue weighted by molar-refractivity contribution is 8.18. The summed E-state index contributed by atoms with van der Waals surface area (Å²) < 4.78 is 17.0. The van der Waals surface area contributed by atoms with Gasteiger partial charge in [-0.1, -0.05) is 32.0 Å². The molecule has 1 heterocycles. The molecule has 0 bridgehead atoms. The molecule has 0 unspecified atom stereocenters. The molecule has 13 heteroatoms. The first kappa shape index (κ1) is 30.1. The van der Waals surface area contributed by atoms with Gasteiger partial charge in [-0.3, -0.25) is 34.7 Å². The maximum absolute atomic E-state index is 13.1. The van der Waals surface area contributed by atoms with E-state index in [1.807, 2.05) is 25.1 Å². The molecule has 1 saturated heterocycles. The lowest BCUT2D eigenvalue weighted by Gasteiger charge is -2.17. The first-order chi connectivity index (χ1) is 20.0. The molecule has 0 spiro atoms. The third-order valence-corrected chi connectivity index (χ3v) is 7.20. The van der Waals surface area contributed by atoms with E-state index in [4.69, 9.17) is 14.2 Å². The molecule has 42 heavy (non-hydrogen) atoms. The molecule has 1 aliphatic rings. The number of carbonyl (C=O) groups excluding carboxylic acids is 2. The van der Waals surface area contributed by atoms with Gasteiger partial charge in [-0.2, -0.15) is 0 Å². The number of rotatable bonds is 11. The molecule has 0 atom stereocenters. The van der Waals surface area contributed by atoms with Gasteiger partial charge in [0.25, 0.3) is 16.8 Å². The molecule has 0 radical (unpaired) electrons. The van der Waals surface area contributed by atoms with Crippen molar-refractivity contribution in [2.45, 2.75) is 26.7 Å². The quantitative estimate of drug-likeness (QED) is 0.131. The average molecular weight is 594 g/mol. The van der Waals surface area contributed by atoms with Gasteiger partial charge in [0.1, 0.15) is 12.4 Å². The van der Waals surface area contributed by atoms with Gasteiger partial charge < -0.3 is 14.2 Å². The predicted molar refractivity (Wildman–Crippen MR) is 156 cm³/mol. The zero-order chi connectivity index (χ0) is 30.6. The number of nitro benzene ring substituents is 2. The van der Waals surface area contributed by atoms with Crippen molar-refractivity contribution in [1.82, 2.24) is 4.90 Å². The van der Waals surface area contributed by atoms with Gasteiger partial charge in [0, 0.05) is 6.07 Å². The number of non-ortho nitro benzene ring substituents is 1. The molecule has 12 nitrogen and oxygen atoms in total. The number of benzene rings is 3. The molecule has 1 aliphatic heterocycles. The molecule has 3 aromatic carbocycles. The van der Waals surface area contributed by atoms with Gasteiger partial charge in [-0.05, 0) is 71.6 Å². The van der Waals surface area contributed by atoms with E-state index in [1.165, 1.54) is 25.3 Å². The van der Waals surface area contributed by atoms with Crippen LogP contribution in [-0.2, 0) is 4.79 Å². The number of nitrogens with zero attached hydrogens (tertiary/aromatic N) is 3. The SMILES string of the molecule is COc1ccc(/C=C2\SC(=O)N(CCOc3cc(C)ccc3C(C)C)C2=O)cc1Oc1ccc([N+](=O)[O-])cc1[N+](=O)[O-]. The molecule has 3 aromatic rings. The molecule has 0 aromatic heterocycles. The summed E-state index contributed by atoms with van der Waals surface area (Å²) in [6.07, 6.45) is 1.50. The third kappa shape index (κ3) is 6.69. The van der Waals surface area contributed by atoms with E-state index in [-0.39, 0.29) is 41.2 Å². The van der Waals surface area contributed by atoms with Crippen molar-refractivity contribution >= 4 is 40.4 Å². The summed E-state index contributed by atoms with van der Waals surface area (Å²) in [5.41, 5.74) is 1.46. The summed E-state index contributed by atoms with van der Waals surface area (Å²) in [5.74, 6) is 0.524. The molecule has 218 valence electrons. The fraction of sp³-hybridized carbons (Fsp3) is 0.241. The van der Waals surface area contributed by atoms with Gasteiger partial charge in [0.15, 0.2) is 11.5 Å². The number of aryl methyl sites for hydroxylation is 1. The van der Waals surface area contributed by atoms with Gasteiger partial charge in [0.2, 0.25) is 5.75 Å². The third-order valence-electron chi connectivity index (χ3n) is 6.29. The highest BCUT2D eigenvalue weighted by Gasteiger charge is 2.35. The number of thioether (sulfide) groups is 1. The molecule has 0 N–H and O–H groups in total. The Bertz CT molecular complexity index is 1600. The fourth-order valence-corrected chi connectivity index (χ4v) is 5.03. The van der Waals surface area contributed by atoms with E-state index >= 15 is 0 Å². The molecule has 4 rings (SSSR count). The van der Waals surface area contributed by atoms with Crippen molar-refractivity contribution in [3.05, 3.63) is 96.4 Å². The van der Waals surface area contributed by atoms with Crippen LogP contribution in [0.25, 0.3) is 6.08 Å². The lowest BCUT2D eigenvalue weighted by atomic mass is 10.0. The second-order valence-corrected chi connectivity index (χ2v) is 10.5. The number of hydrogen-bond donors (Lipinski definition) is 0. The van der Waals surface area contributed by atoms with Crippen molar-refractivity contribution in [2.24, 2.45) is 0 Å². The Balaban J connectivity index is 1.52. The van der Waals surface area contributed by atoms with Crippen LogP contribution in [0.5, 0.6) is 23.0 Å². The van der Waals surface area contributed by atoms with Crippen molar-refractivity contribution in [3.8, 4) is 23.0 Å². The van der Waals surface area contributed by atoms with Crippen molar-refractivity contribution in [2.75, 3.05) is 20.3 Å². The zero-order valence-corrected chi connectivity index (χ0v) is 24.0. The topological polar surface area (TPSA) is 151 Å². The maximum atomic E-state index is 13.1. The maximum Gasteiger partial charge on any atom is 0.318 e. The Morgan fingerprint density at radius 1 is 0.929 bits per heavy atom. The van der Waals surface area contributed by atoms with Crippen LogP contribution in [-0.4, -0.2) is 46.2 Å². The Labute approximate surface area is 245 Å². The molecular formula is C29H27N3O9S. The van der Waals surface area contributed by atoms with Crippen LogP contribution in [0.2, 0.25) is 0 Å². The van der Waals surface area contributed by atoms with Gasteiger partial charge in [-0.15, -0.1) is 0 Å². The normalized spacial score (nSPS) is 14.0. The minimum absolute atomic E-state index is 0.0638. The largest absolute Gasteiger partial charge is 0.493 e. The monoisotopic (exact) mass is 593 g/mol. The summed E-state index contributed by atoms with van der Waals surface area (Å²) in [6.45, 7) is 6.27. The second-order valence-electron chi connectivity index (χ2n) is 9.56. The van der Waals surface area contributed by atoms with Crippen LogP contribution in [0.1, 0.15) is 36.5 Å². The minimum Gasteiger partial charge on any atom is -0.493 e. The first-order valence-corrected chi connectivity index (χ1v) is 13.6. The zero-order valence-electron chi connectivity index (χ0n) is 23.2. The average Bonchev–Trinajstić information content (AvgIpc) is 3.20. The lowest BCUT2D eigenvalue weighted by Crippen LogP contribution is -2.32. The highest BCUT2D eigenvalue weighted by atomic mass is 32.2. The van der Waals surface area contributed by atoms with E-state index in [0.29, 0.717) is 11.3 Å². The van der Waals surface area contributed by atoms with Crippen molar-refractivity contribution in [1.29, 1.82) is 0 Å². The van der Waals surface area contributed by atoms with Crippen LogP contribution in [0.15, 0.2) is 59.5 Å². The number of hydrogen-bond acceptors (Lipinski definition) is 10. The van der Waals surface area contributed by atoms with Gasteiger partial charge in [0.05, 0.1) is 34.5 Å². The molecular weight excluding hydrogens is 566 g/mol. The highest BCUT2D eigenvalue weighted by Crippen LogP contribution is 2.40. The molecule has 1 fully saturated rings. The summed E-state index contributed by atoms with van der Waals surface area (Å²) in [4.78, 5) is 48.1. The smallest absolute Gasteiger partial charge is 0.318 e. The van der Waals surface area contributed by atoms with Crippen LogP contribution < -0.4 is 14.2 Å². The summed E-state index contributed by atoms with van der Waals surface area (Å²) in [7, 11) is 1.38. The van der Waals surface area contributed by atoms with Crippen LogP contribution in [0.4, 0.5) is 16.2 Å². The van der Waals surface area contributed by atoms with Crippen LogP contribution in [0.3, 0.4) is 0 Å². The van der Waals surface area contributed by atoms with Crippen LogP contribution in [0, 0.1) is 27.2 Å². The molecule has 0 aliphatic carbocycles. The van der Waals surface area contributed by atoms with Crippen molar-refractivity contribution < 1.29 is 33.6 Å². The lowest BCUT2D eigenvalue weighted by molar-refractivity contribution is -0.394. The summed E-state index contributed by atoms with van der Waals surface area (Å²) >= 11 is 0.782. The van der Waals surface area contributed by atoms with Gasteiger partial charge >= 0.3 is 5.69 Å². The van der Waals surface area contributed by atoms with E-state index in [1.54, 1.807) is 6.07 Å². The van der Waals surface area contributed by atoms with E-state index in [9.17, 15) is 29.8 Å². The number of methoxy groups -OCH3 is 1.